The molecule has 2 N–H and O–H groups in total. The van der Waals surface area contributed by atoms with Crippen LogP contribution in [0.2, 0.25) is 0 Å². The molecule has 0 saturated heterocycles. The summed E-state index contributed by atoms with van der Waals surface area (Å²) in [7, 11) is 1.65. The minimum Gasteiger partial charge on any atom is -0.497 e. The summed E-state index contributed by atoms with van der Waals surface area (Å²) in [5.74, 6) is 1.22. The number of nitrogens with one attached hydrogen (secondary N) is 2. The molecule has 1 amide bonds. The molecule has 0 aliphatic heterocycles. The number of benzene rings is 2. The topological polar surface area (TPSA) is 76.1 Å². The molecular formula is C22H24N4O2. The molecule has 0 spiro atoms. The van der Waals surface area contributed by atoms with E-state index in [0.717, 1.165) is 36.4 Å². The van der Waals surface area contributed by atoms with Crippen LogP contribution in [0, 0.1) is 0 Å². The van der Waals surface area contributed by atoms with Crippen molar-refractivity contribution in [2.75, 3.05) is 24.3 Å². The summed E-state index contributed by atoms with van der Waals surface area (Å²) in [5.41, 5.74) is 3.37. The zero-order valence-corrected chi connectivity index (χ0v) is 16.1. The van der Waals surface area contributed by atoms with Crippen molar-refractivity contribution in [3.05, 3.63) is 77.7 Å². The number of rotatable bonds is 8. The van der Waals surface area contributed by atoms with Crippen LogP contribution in [-0.2, 0) is 12.8 Å². The van der Waals surface area contributed by atoms with Gasteiger partial charge in [-0.25, -0.2) is 9.97 Å². The minimum atomic E-state index is -0.266. The monoisotopic (exact) mass is 376 g/mol. The first kappa shape index (κ1) is 19.4. The van der Waals surface area contributed by atoms with E-state index in [1.165, 1.54) is 11.8 Å². The number of anilines is 2. The van der Waals surface area contributed by atoms with Crippen LogP contribution in [0.1, 0.15) is 28.5 Å². The van der Waals surface area contributed by atoms with E-state index in [1.807, 2.05) is 48.5 Å². The van der Waals surface area contributed by atoms with Gasteiger partial charge in [0.25, 0.3) is 5.91 Å². The first-order valence-electron chi connectivity index (χ1n) is 9.27. The largest absolute Gasteiger partial charge is 0.497 e. The third-order valence-corrected chi connectivity index (χ3v) is 4.41. The molecule has 28 heavy (non-hydrogen) atoms. The van der Waals surface area contributed by atoms with E-state index in [0.29, 0.717) is 5.82 Å². The van der Waals surface area contributed by atoms with Gasteiger partial charge in [-0.15, -0.1) is 0 Å². The van der Waals surface area contributed by atoms with Crippen molar-refractivity contribution < 1.29 is 9.53 Å². The number of para-hydroxylation sites is 1. The molecule has 2 aromatic carbocycles. The number of hydrogen-bond acceptors (Lipinski definition) is 5. The van der Waals surface area contributed by atoms with Crippen molar-refractivity contribution in [3.8, 4) is 5.75 Å². The summed E-state index contributed by atoms with van der Waals surface area (Å²) in [6.45, 7) is 2.77. The van der Waals surface area contributed by atoms with Crippen molar-refractivity contribution in [2.45, 2.75) is 19.8 Å². The molecule has 0 radical (unpaired) electrons. The Bertz CT molecular complexity index is 909. The van der Waals surface area contributed by atoms with Crippen LogP contribution in [0.4, 0.5) is 11.5 Å². The number of carbonyl (C=O) groups excluding carboxylic acids is 1. The van der Waals surface area contributed by atoms with Crippen molar-refractivity contribution in [1.29, 1.82) is 0 Å². The molecule has 0 aliphatic carbocycles. The average molecular weight is 376 g/mol. The molecule has 6 heteroatoms. The zero-order valence-electron chi connectivity index (χ0n) is 16.1. The van der Waals surface area contributed by atoms with E-state index in [9.17, 15) is 4.79 Å². The maximum absolute atomic E-state index is 12.4. The Morgan fingerprint density at radius 3 is 2.50 bits per heavy atom. The molecule has 0 atom stereocenters. The Morgan fingerprint density at radius 1 is 1.04 bits per heavy atom. The lowest BCUT2D eigenvalue weighted by Crippen LogP contribution is -2.16. The number of aromatic nitrogens is 2. The quantitative estimate of drug-likeness (QED) is 0.622. The van der Waals surface area contributed by atoms with Gasteiger partial charge in [-0.1, -0.05) is 37.3 Å². The summed E-state index contributed by atoms with van der Waals surface area (Å²) in [5, 5.41) is 6.12. The van der Waals surface area contributed by atoms with E-state index < -0.39 is 0 Å². The number of aryl methyl sites for hydroxylation is 1. The van der Waals surface area contributed by atoms with E-state index in [2.05, 4.69) is 27.5 Å². The predicted octanol–water partition coefficient (Wildman–Crippen LogP) is 3.95. The highest BCUT2D eigenvalue weighted by Gasteiger charge is 2.10. The molecule has 144 valence electrons. The van der Waals surface area contributed by atoms with Gasteiger partial charge in [0, 0.05) is 12.2 Å². The minimum absolute atomic E-state index is 0.266. The summed E-state index contributed by atoms with van der Waals surface area (Å²) < 4.78 is 5.16. The zero-order chi connectivity index (χ0) is 19.8. The fourth-order valence-electron chi connectivity index (χ4n) is 2.80. The van der Waals surface area contributed by atoms with Gasteiger partial charge in [0.15, 0.2) is 0 Å². The molecule has 0 aliphatic rings. The fraction of sp³-hybridized carbons (Fsp3) is 0.227. The molecule has 6 nitrogen and oxygen atoms in total. The van der Waals surface area contributed by atoms with Gasteiger partial charge in [0.1, 0.15) is 17.3 Å². The first-order valence-corrected chi connectivity index (χ1v) is 9.27. The van der Waals surface area contributed by atoms with Gasteiger partial charge in [0.2, 0.25) is 0 Å². The lowest BCUT2D eigenvalue weighted by Gasteiger charge is -2.10. The highest BCUT2D eigenvalue weighted by molar-refractivity contribution is 6.03. The summed E-state index contributed by atoms with van der Waals surface area (Å²) in [6.07, 6.45) is 4.76. The maximum Gasteiger partial charge on any atom is 0.275 e. The smallest absolute Gasteiger partial charge is 0.275 e. The standard InChI is InChI=1S/C22H24N4O2/c1-3-17-6-4-5-7-19(17)26-22(27)20-14-25-21(15-24-20)23-13-12-16-8-10-18(28-2)11-9-16/h4-11,14-15H,3,12-13H2,1-2H3,(H,23,25)(H,26,27). The molecule has 3 rings (SSSR count). The molecular weight excluding hydrogens is 352 g/mol. The van der Waals surface area contributed by atoms with E-state index in [1.54, 1.807) is 13.3 Å². The van der Waals surface area contributed by atoms with Crippen molar-refractivity contribution in [2.24, 2.45) is 0 Å². The van der Waals surface area contributed by atoms with Crippen LogP contribution in [0.15, 0.2) is 60.9 Å². The summed E-state index contributed by atoms with van der Waals surface area (Å²) in [6, 6.07) is 15.7. The van der Waals surface area contributed by atoms with Crippen molar-refractivity contribution in [1.82, 2.24) is 9.97 Å². The van der Waals surface area contributed by atoms with E-state index in [4.69, 9.17) is 4.74 Å². The molecule has 0 fully saturated rings. The van der Waals surface area contributed by atoms with Crippen molar-refractivity contribution >= 4 is 17.4 Å². The van der Waals surface area contributed by atoms with Gasteiger partial charge in [-0.05, 0) is 42.2 Å². The second-order valence-electron chi connectivity index (χ2n) is 6.28. The number of amides is 1. The van der Waals surface area contributed by atoms with Gasteiger partial charge in [-0.2, -0.15) is 0 Å². The Labute approximate surface area is 165 Å². The van der Waals surface area contributed by atoms with E-state index in [-0.39, 0.29) is 11.6 Å². The Balaban J connectivity index is 1.53. The lowest BCUT2D eigenvalue weighted by molar-refractivity contribution is 0.102. The third-order valence-electron chi connectivity index (χ3n) is 4.41. The summed E-state index contributed by atoms with van der Waals surface area (Å²) in [4.78, 5) is 20.9. The van der Waals surface area contributed by atoms with Crippen LogP contribution >= 0.6 is 0 Å². The van der Waals surface area contributed by atoms with Gasteiger partial charge in [0.05, 0.1) is 19.5 Å². The van der Waals surface area contributed by atoms with Gasteiger partial charge < -0.3 is 15.4 Å². The Kier molecular flexibility index (Phi) is 6.57. The average Bonchev–Trinajstić information content (AvgIpc) is 2.75. The second-order valence-corrected chi connectivity index (χ2v) is 6.28. The lowest BCUT2D eigenvalue weighted by atomic mass is 10.1. The SMILES string of the molecule is CCc1ccccc1NC(=O)c1cnc(NCCc2ccc(OC)cc2)cn1. The number of carbonyl (C=O) groups is 1. The number of ether oxygens (including phenoxy) is 1. The molecule has 0 bridgehead atoms. The van der Waals surface area contributed by atoms with Crippen LogP contribution in [-0.4, -0.2) is 29.5 Å². The highest BCUT2D eigenvalue weighted by Crippen LogP contribution is 2.16. The van der Waals surface area contributed by atoms with Crippen molar-refractivity contribution in [3.63, 3.8) is 0 Å². The molecule has 1 aromatic heterocycles. The van der Waals surface area contributed by atoms with Gasteiger partial charge >= 0.3 is 0 Å². The number of nitrogens with zero attached hydrogens (tertiary/aromatic N) is 2. The third kappa shape index (κ3) is 5.07. The van der Waals surface area contributed by atoms with Crippen LogP contribution < -0.4 is 15.4 Å². The highest BCUT2D eigenvalue weighted by atomic mass is 16.5. The Hall–Kier alpha value is -3.41. The molecule has 1 heterocycles. The van der Waals surface area contributed by atoms with Crippen LogP contribution in [0.25, 0.3) is 0 Å². The fourth-order valence-corrected chi connectivity index (χ4v) is 2.80. The predicted molar refractivity (Wildman–Crippen MR) is 111 cm³/mol. The molecule has 3 aromatic rings. The van der Waals surface area contributed by atoms with E-state index >= 15 is 0 Å². The first-order chi connectivity index (χ1) is 13.7. The number of hydrogen-bond donors (Lipinski definition) is 2. The Morgan fingerprint density at radius 2 is 1.82 bits per heavy atom. The van der Waals surface area contributed by atoms with Crippen LogP contribution in [0.5, 0.6) is 5.75 Å². The van der Waals surface area contributed by atoms with Gasteiger partial charge in [-0.3, -0.25) is 4.79 Å². The summed E-state index contributed by atoms with van der Waals surface area (Å²) >= 11 is 0. The maximum atomic E-state index is 12.4. The number of methoxy groups -OCH3 is 1. The molecule has 0 unspecified atom stereocenters. The normalized spacial score (nSPS) is 10.4. The molecule has 0 saturated carbocycles. The van der Waals surface area contributed by atoms with Crippen LogP contribution in [0.3, 0.4) is 0 Å². The second kappa shape index (κ2) is 9.50.